The lowest BCUT2D eigenvalue weighted by Crippen LogP contribution is -2.46. The molecule has 1 heterocycles. The Morgan fingerprint density at radius 3 is 2.89 bits per heavy atom. The zero-order chi connectivity index (χ0) is 13.0. The summed E-state index contributed by atoms with van der Waals surface area (Å²) in [6.07, 6.45) is 7.60. The Balaban J connectivity index is 1.82. The van der Waals surface area contributed by atoms with Gasteiger partial charge in [0.25, 0.3) is 0 Å². The Hall–Kier alpha value is 0.170. The molecule has 0 aromatic heterocycles. The third-order valence-corrected chi connectivity index (χ3v) is 6.19. The maximum atomic E-state index is 4.77. The third-order valence-electron chi connectivity index (χ3n) is 4.09. The second-order valence-electron chi connectivity index (χ2n) is 6.08. The van der Waals surface area contributed by atoms with E-state index in [2.05, 4.69) is 25.4 Å². The fourth-order valence-corrected chi connectivity index (χ4v) is 4.65. The van der Waals surface area contributed by atoms with E-state index in [1.165, 1.54) is 42.4 Å². The van der Waals surface area contributed by atoms with Crippen LogP contribution in [0.15, 0.2) is 4.99 Å². The molecule has 1 unspecified atom stereocenters. The van der Waals surface area contributed by atoms with Gasteiger partial charge in [-0.15, -0.1) is 0 Å². The molecule has 18 heavy (non-hydrogen) atoms. The molecule has 1 saturated heterocycles. The van der Waals surface area contributed by atoms with Crippen LogP contribution >= 0.6 is 23.5 Å². The van der Waals surface area contributed by atoms with Crippen molar-refractivity contribution in [2.45, 2.75) is 45.1 Å². The summed E-state index contributed by atoms with van der Waals surface area (Å²) in [5.74, 6) is 4.06. The van der Waals surface area contributed by atoms with E-state index in [1.807, 2.05) is 23.5 Å². The average molecular weight is 287 g/mol. The molecule has 0 amide bonds. The van der Waals surface area contributed by atoms with Crippen molar-refractivity contribution in [3.05, 3.63) is 0 Å². The van der Waals surface area contributed by atoms with Crippen LogP contribution in [-0.4, -0.2) is 35.0 Å². The predicted octanol–water partition coefficient (Wildman–Crippen LogP) is 3.63. The standard InChI is InChI=1S/C14H26N2S2/c1-11-4-6-14(7-5-11)10-18-13(16-14)15-8-12(2)9-17-3/h11-12H,4-10H2,1-3H3,(H,15,16). The molecule has 2 rings (SSSR count). The Labute approximate surface area is 120 Å². The molecule has 0 aromatic rings. The Bertz CT molecular complexity index is 296. The van der Waals surface area contributed by atoms with Crippen molar-refractivity contribution >= 4 is 28.7 Å². The Kier molecular flexibility index (Phi) is 5.31. The zero-order valence-electron chi connectivity index (χ0n) is 11.9. The Morgan fingerprint density at radius 1 is 1.50 bits per heavy atom. The third kappa shape index (κ3) is 3.83. The van der Waals surface area contributed by atoms with Crippen molar-refractivity contribution in [3.63, 3.8) is 0 Å². The number of aliphatic imine (C=N–C) groups is 1. The highest BCUT2D eigenvalue weighted by Gasteiger charge is 2.39. The topological polar surface area (TPSA) is 24.4 Å². The molecule has 0 bridgehead atoms. The summed E-state index contributed by atoms with van der Waals surface area (Å²) in [7, 11) is 0. The van der Waals surface area contributed by atoms with Gasteiger partial charge in [0.05, 0.1) is 0 Å². The summed E-state index contributed by atoms with van der Waals surface area (Å²) in [6.45, 7) is 5.65. The molecule has 1 atom stereocenters. The van der Waals surface area contributed by atoms with Gasteiger partial charge in [-0.05, 0) is 49.5 Å². The van der Waals surface area contributed by atoms with Crippen molar-refractivity contribution in [1.82, 2.24) is 5.32 Å². The molecule has 1 aliphatic heterocycles. The first-order valence-electron chi connectivity index (χ1n) is 7.08. The number of nitrogens with zero attached hydrogens (tertiary/aromatic N) is 1. The van der Waals surface area contributed by atoms with Gasteiger partial charge in [0.1, 0.15) is 0 Å². The molecule has 1 spiro atoms. The van der Waals surface area contributed by atoms with E-state index < -0.39 is 0 Å². The van der Waals surface area contributed by atoms with Gasteiger partial charge in [0.2, 0.25) is 0 Å². The minimum absolute atomic E-state index is 0.388. The lowest BCUT2D eigenvalue weighted by Gasteiger charge is -2.35. The molecule has 1 N–H and O–H groups in total. The van der Waals surface area contributed by atoms with Crippen molar-refractivity contribution < 1.29 is 0 Å². The number of nitrogens with one attached hydrogen (secondary N) is 1. The van der Waals surface area contributed by atoms with Crippen LogP contribution in [0.1, 0.15) is 39.5 Å². The minimum atomic E-state index is 0.388. The normalized spacial score (nSPS) is 35.9. The highest BCUT2D eigenvalue weighted by molar-refractivity contribution is 8.14. The molecule has 2 nitrogen and oxygen atoms in total. The van der Waals surface area contributed by atoms with Crippen LogP contribution < -0.4 is 5.32 Å². The van der Waals surface area contributed by atoms with E-state index in [4.69, 9.17) is 4.99 Å². The van der Waals surface area contributed by atoms with E-state index in [9.17, 15) is 0 Å². The molecule has 104 valence electrons. The maximum absolute atomic E-state index is 4.77. The van der Waals surface area contributed by atoms with Crippen molar-refractivity contribution in [3.8, 4) is 0 Å². The van der Waals surface area contributed by atoms with Crippen LogP contribution in [0.4, 0.5) is 0 Å². The summed E-state index contributed by atoms with van der Waals surface area (Å²) in [5.41, 5.74) is 0.388. The number of amidine groups is 1. The molecular formula is C14H26N2S2. The number of hydrogen-bond donors (Lipinski definition) is 1. The Morgan fingerprint density at radius 2 is 2.22 bits per heavy atom. The zero-order valence-corrected chi connectivity index (χ0v) is 13.5. The lowest BCUT2D eigenvalue weighted by molar-refractivity contribution is 0.251. The molecule has 0 radical (unpaired) electrons. The van der Waals surface area contributed by atoms with Crippen LogP contribution in [0, 0.1) is 11.8 Å². The van der Waals surface area contributed by atoms with Gasteiger partial charge in [-0.25, -0.2) is 0 Å². The molecule has 4 heteroatoms. The largest absolute Gasteiger partial charge is 0.359 e. The van der Waals surface area contributed by atoms with Gasteiger partial charge in [-0.1, -0.05) is 25.6 Å². The SMILES string of the molecule is CSCC(C)CN=C1NC2(CCC(C)CC2)CS1. The quantitative estimate of drug-likeness (QED) is 0.854. The number of thioether (sulfide) groups is 2. The van der Waals surface area contributed by atoms with Gasteiger partial charge >= 0.3 is 0 Å². The summed E-state index contributed by atoms with van der Waals surface area (Å²) < 4.78 is 0. The molecule has 1 saturated carbocycles. The number of hydrogen-bond acceptors (Lipinski definition) is 3. The highest BCUT2D eigenvalue weighted by atomic mass is 32.2. The van der Waals surface area contributed by atoms with Gasteiger partial charge < -0.3 is 5.32 Å². The summed E-state index contributed by atoms with van der Waals surface area (Å²) in [5, 5.41) is 4.94. The second-order valence-corrected chi connectivity index (χ2v) is 7.96. The second kappa shape index (κ2) is 6.56. The van der Waals surface area contributed by atoms with Crippen LogP contribution in [0.3, 0.4) is 0 Å². The van der Waals surface area contributed by atoms with E-state index in [-0.39, 0.29) is 0 Å². The van der Waals surface area contributed by atoms with Crippen LogP contribution in [0.5, 0.6) is 0 Å². The summed E-state index contributed by atoms with van der Waals surface area (Å²) >= 11 is 3.86. The van der Waals surface area contributed by atoms with Crippen LogP contribution in [0.25, 0.3) is 0 Å². The van der Waals surface area contributed by atoms with Gasteiger partial charge in [0, 0.05) is 17.8 Å². The van der Waals surface area contributed by atoms with Crippen molar-refractivity contribution in [2.75, 3.05) is 24.3 Å². The molecule has 0 aromatic carbocycles. The van der Waals surface area contributed by atoms with Gasteiger partial charge in [-0.3, -0.25) is 4.99 Å². The smallest absolute Gasteiger partial charge is 0.157 e. The minimum Gasteiger partial charge on any atom is -0.359 e. The van der Waals surface area contributed by atoms with Crippen molar-refractivity contribution in [1.29, 1.82) is 0 Å². The van der Waals surface area contributed by atoms with E-state index in [0.717, 1.165) is 12.5 Å². The summed E-state index contributed by atoms with van der Waals surface area (Å²) in [4.78, 5) is 4.77. The summed E-state index contributed by atoms with van der Waals surface area (Å²) in [6, 6.07) is 0. The monoisotopic (exact) mass is 286 g/mol. The van der Waals surface area contributed by atoms with Crippen molar-refractivity contribution in [2.24, 2.45) is 16.8 Å². The maximum Gasteiger partial charge on any atom is 0.157 e. The number of rotatable bonds is 4. The first-order valence-corrected chi connectivity index (χ1v) is 9.46. The van der Waals surface area contributed by atoms with Crippen LogP contribution in [-0.2, 0) is 0 Å². The molecular weight excluding hydrogens is 260 g/mol. The fourth-order valence-electron chi connectivity index (χ4n) is 2.75. The van der Waals surface area contributed by atoms with E-state index in [0.29, 0.717) is 11.5 Å². The lowest BCUT2D eigenvalue weighted by atomic mass is 9.78. The van der Waals surface area contributed by atoms with E-state index >= 15 is 0 Å². The first kappa shape index (κ1) is 14.6. The highest BCUT2D eigenvalue weighted by Crippen LogP contribution is 2.38. The molecule has 2 aliphatic rings. The predicted molar refractivity (Wildman–Crippen MR) is 85.8 cm³/mol. The fraction of sp³-hybridized carbons (Fsp3) is 0.929. The van der Waals surface area contributed by atoms with Gasteiger partial charge in [0.15, 0.2) is 5.17 Å². The van der Waals surface area contributed by atoms with Crippen LogP contribution in [0.2, 0.25) is 0 Å². The van der Waals surface area contributed by atoms with Gasteiger partial charge in [-0.2, -0.15) is 11.8 Å². The first-order chi connectivity index (χ1) is 8.63. The van der Waals surface area contributed by atoms with E-state index in [1.54, 1.807) is 0 Å². The molecule has 2 fully saturated rings. The molecule has 1 aliphatic carbocycles. The average Bonchev–Trinajstić information content (AvgIpc) is 2.75.